The number of carbonyl (C=O) groups excluding carboxylic acids is 1. The van der Waals surface area contributed by atoms with E-state index < -0.39 is 12.0 Å². The van der Waals surface area contributed by atoms with Gasteiger partial charge in [-0.05, 0) is 67.4 Å². The van der Waals surface area contributed by atoms with Crippen LogP contribution in [0.25, 0.3) is 5.70 Å². The van der Waals surface area contributed by atoms with Crippen LogP contribution in [0.3, 0.4) is 0 Å². The highest BCUT2D eigenvalue weighted by atomic mass is 16.5. The summed E-state index contributed by atoms with van der Waals surface area (Å²) in [5.74, 6) is 0.245. The lowest BCUT2D eigenvalue weighted by molar-refractivity contribution is 0.0508. The highest BCUT2D eigenvalue weighted by Crippen LogP contribution is 2.46. The fourth-order valence-corrected chi connectivity index (χ4v) is 5.70. The summed E-state index contributed by atoms with van der Waals surface area (Å²) in [4.78, 5) is 17.3. The molecule has 0 saturated heterocycles. The van der Waals surface area contributed by atoms with E-state index in [0.29, 0.717) is 47.2 Å². The van der Waals surface area contributed by atoms with Gasteiger partial charge in [0.25, 0.3) is 0 Å². The first-order valence-electron chi connectivity index (χ1n) is 14.3. The third-order valence-corrected chi connectivity index (χ3v) is 7.62. The molecule has 0 fully saturated rings. The summed E-state index contributed by atoms with van der Waals surface area (Å²) in [7, 11) is 3.56. The number of fused-ring (bicyclic) bond motifs is 1. The molecule has 2 heterocycles. The van der Waals surface area contributed by atoms with Crippen molar-refractivity contribution < 1.29 is 19.4 Å². The number of esters is 1. The number of aromatic hydroxyl groups is 1. The molecule has 1 aliphatic heterocycles. The number of nitrogens with zero attached hydrogens (tertiary/aromatic N) is 5. The van der Waals surface area contributed by atoms with Crippen LogP contribution < -0.4 is 9.64 Å². The molecule has 0 amide bonds. The van der Waals surface area contributed by atoms with E-state index in [1.54, 1.807) is 36.8 Å². The highest BCUT2D eigenvalue weighted by Gasteiger charge is 2.39. The molecule has 222 valence electrons. The van der Waals surface area contributed by atoms with Gasteiger partial charge in [0.15, 0.2) is 5.69 Å². The molecule has 0 spiro atoms. The lowest BCUT2D eigenvalue weighted by Gasteiger charge is -2.40. The molecular formula is C35H33N5O4. The van der Waals surface area contributed by atoms with Gasteiger partial charge in [-0.25, -0.2) is 4.79 Å². The third-order valence-electron chi connectivity index (χ3n) is 7.62. The van der Waals surface area contributed by atoms with Crippen molar-refractivity contribution in [3.05, 3.63) is 118 Å². The van der Waals surface area contributed by atoms with Crippen LogP contribution in [0.1, 0.15) is 45.7 Å². The molecule has 0 radical (unpaired) electrons. The van der Waals surface area contributed by atoms with E-state index in [0.717, 1.165) is 11.1 Å². The standard InChI is InChI=1S/C35H33N5O4/c1-4-44-35(42)34-31(41)19-32-39(23-38(2)22-24-10-6-5-7-11-24)33(25-14-16-28(43-3)17-15-25)29(21-37)30(40(32)34)18-26-12-8-9-13-27(26)20-36/h5-17,19,30,41H,4,18,22-23H2,1-3H3. The zero-order valence-electron chi connectivity index (χ0n) is 24.9. The maximum Gasteiger partial charge on any atom is 0.358 e. The molecule has 9 heteroatoms. The summed E-state index contributed by atoms with van der Waals surface area (Å²) in [5, 5.41) is 31.9. The van der Waals surface area contributed by atoms with E-state index in [1.807, 2.05) is 78.7 Å². The van der Waals surface area contributed by atoms with E-state index in [-0.39, 0.29) is 24.5 Å². The Morgan fingerprint density at radius 3 is 2.36 bits per heavy atom. The largest absolute Gasteiger partial charge is 0.505 e. The van der Waals surface area contributed by atoms with Gasteiger partial charge in [0, 0.05) is 12.6 Å². The summed E-state index contributed by atoms with van der Waals surface area (Å²) >= 11 is 0. The number of rotatable bonds is 10. The molecule has 1 N–H and O–H groups in total. The van der Waals surface area contributed by atoms with Crippen molar-refractivity contribution >= 4 is 17.5 Å². The van der Waals surface area contributed by atoms with Crippen molar-refractivity contribution in [2.24, 2.45) is 0 Å². The van der Waals surface area contributed by atoms with Crippen molar-refractivity contribution in [2.45, 2.75) is 25.9 Å². The SMILES string of the molecule is CCOC(=O)c1c(O)cc2n1C(Cc1ccccc1C#N)C(C#N)=C(c1ccc(OC)cc1)N2CN(C)Cc1ccccc1. The monoisotopic (exact) mass is 587 g/mol. The quantitative estimate of drug-likeness (QED) is 0.229. The second kappa shape index (κ2) is 13.2. The zero-order valence-corrected chi connectivity index (χ0v) is 24.9. The predicted octanol–water partition coefficient (Wildman–Crippen LogP) is 5.88. The van der Waals surface area contributed by atoms with Crippen molar-refractivity contribution in [1.29, 1.82) is 10.5 Å². The molecular weight excluding hydrogens is 554 g/mol. The van der Waals surface area contributed by atoms with Crippen molar-refractivity contribution in [3.63, 3.8) is 0 Å². The summed E-state index contributed by atoms with van der Waals surface area (Å²) in [6.45, 7) is 2.76. The molecule has 0 aliphatic carbocycles. The smallest absolute Gasteiger partial charge is 0.358 e. The molecule has 1 aliphatic rings. The van der Waals surface area contributed by atoms with Crippen LogP contribution in [0.2, 0.25) is 0 Å². The van der Waals surface area contributed by atoms with Gasteiger partial charge >= 0.3 is 5.97 Å². The molecule has 0 bridgehead atoms. The summed E-state index contributed by atoms with van der Waals surface area (Å²) in [6.07, 6.45) is 0.230. The first kappa shape index (κ1) is 30.0. The van der Waals surface area contributed by atoms with Crippen LogP contribution in [0.15, 0.2) is 90.5 Å². The van der Waals surface area contributed by atoms with Crippen molar-refractivity contribution in [3.8, 4) is 23.6 Å². The fourth-order valence-electron chi connectivity index (χ4n) is 5.70. The van der Waals surface area contributed by atoms with E-state index in [4.69, 9.17) is 9.47 Å². The maximum absolute atomic E-state index is 13.3. The average molecular weight is 588 g/mol. The number of nitriles is 2. The third kappa shape index (κ3) is 5.87. The molecule has 0 saturated carbocycles. The number of allylic oxidation sites excluding steroid dienone is 1. The van der Waals surface area contributed by atoms with Crippen molar-refractivity contribution in [2.75, 3.05) is 32.3 Å². The lowest BCUT2D eigenvalue weighted by atomic mass is 9.91. The minimum atomic E-state index is -0.724. The lowest BCUT2D eigenvalue weighted by Crippen LogP contribution is -2.40. The molecule has 1 aromatic heterocycles. The summed E-state index contributed by atoms with van der Waals surface area (Å²) < 4.78 is 12.4. The van der Waals surface area contributed by atoms with E-state index in [2.05, 4.69) is 17.0 Å². The number of methoxy groups -OCH3 is 1. The second-order valence-electron chi connectivity index (χ2n) is 10.5. The van der Waals surface area contributed by atoms with E-state index in [9.17, 15) is 20.4 Å². The van der Waals surface area contributed by atoms with Crippen LogP contribution in [-0.2, 0) is 17.7 Å². The van der Waals surface area contributed by atoms with E-state index >= 15 is 0 Å². The molecule has 1 unspecified atom stereocenters. The fraction of sp³-hybridized carbons (Fsp3) is 0.229. The van der Waals surface area contributed by atoms with Gasteiger partial charge < -0.3 is 24.0 Å². The Balaban J connectivity index is 1.74. The molecule has 4 aromatic rings. The Bertz CT molecular complexity index is 1760. The zero-order chi connectivity index (χ0) is 31.2. The van der Waals surface area contributed by atoms with Crippen molar-refractivity contribution in [1.82, 2.24) is 9.47 Å². The van der Waals surface area contributed by atoms with Gasteiger partial charge in [-0.15, -0.1) is 0 Å². The van der Waals surface area contributed by atoms with Gasteiger partial charge in [-0.1, -0.05) is 48.5 Å². The van der Waals surface area contributed by atoms with Crippen LogP contribution in [0, 0.1) is 22.7 Å². The molecule has 3 aromatic carbocycles. The normalized spacial score (nSPS) is 14.1. The Morgan fingerprint density at radius 1 is 1.00 bits per heavy atom. The van der Waals surface area contributed by atoms with Gasteiger partial charge in [-0.3, -0.25) is 4.90 Å². The van der Waals surface area contributed by atoms with Gasteiger partial charge in [0.05, 0.1) is 55.4 Å². The number of carbonyl (C=O) groups is 1. The highest BCUT2D eigenvalue weighted by molar-refractivity contribution is 5.95. The Kier molecular flexibility index (Phi) is 8.99. The molecule has 44 heavy (non-hydrogen) atoms. The second-order valence-corrected chi connectivity index (χ2v) is 10.5. The molecule has 5 rings (SSSR count). The van der Waals surface area contributed by atoms with Crippen LogP contribution in [0.5, 0.6) is 11.5 Å². The first-order chi connectivity index (χ1) is 21.4. The number of hydrogen-bond acceptors (Lipinski definition) is 8. The first-order valence-corrected chi connectivity index (χ1v) is 14.3. The van der Waals surface area contributed by atoms with E-state index in [1.165, 1.54) is 0 Å². The Hall–Kier alpha value is -5.51. The van der Waals surface area contributed by atoms with Crippen LogP contribution >= 0.6 is 0 Å². The molecule has 1 atom stereocenters. The Morgan fingerprint density at radius 2 is 1.70 bits per heavy atom. The number of benzene rings is 3. The summed E-state index contributed by atoms with van der Waals surface area (Å²) in [5.41, 5.74) is 4.03. The van der Waals surface area contributed by atoms with Crippen LogP contribution in [-0.4, -0.2) is 48.0 Å². The maximum atomic E-state index is 13.3. The van der Waals surface area contributed by atoms with Gasteiger partial charge in [-0.2, -0.15) is 10.5 Å². The summed E-state index contributed by atoms with van der Waals surface area (Å²) in [6, 6.07) is 30.2. The number of hydrogen-bond donors (Lipinski definition) is 1. The Labute approximate surface area is 257 Å². The number of anilines is 1. The average Bonchev–Trinajstić information content (AvgIpc) is 3.39. The predicted molar refractivity (Wildman–Crippen MR) is 167 cm³/mol. The van der Waals surface area contributed by atoms with Crippen LogP contribution in [0.4, 0.5) is 5.82 Å². The van der Waals surface area contributed by atoms with Gasteiger partial charge in [0.1, 0.15) is 17.3 Å². The topological polar surface area (TPSA) is 115 Å². The minimum absolute atomic E-state index is 0.0430. The number of ether oxygens (including phenoxy) is 2. The molecule has 9 nitrogen and oxygen atoms in total. The van der Waals surface area contributed by atoms with Gasteiger partial charge in [0.2, 0.25) is 0 Å². The number of aromatic nitrogens is 1. The minimum Gasteiger partial charge on any atom is -0.505 e.